The average Bonchev–Trinajstić information content (AvgIpc) is 2.92. The molecule has 5 atom stereocenters. The predicted molar refractivity (Wildman–Crippen MR) is 108 cm³/mol. The Balaban J connectivity index is 2.14. The van der Waals surface area contributed by atoms with Crippen LogP contribution in [0.1, 0.15) is 32.4 Å². The fourth-order valence-corrected chi connectivity index (χ4v) is 3.72. The van der Waals surface area contributed by atoms with Gasteiger partial charge < -0.3 is 23.7 Å². The van der Waals surface area contributed by atoms with E-state index in [4.69, 9.17) is 25.1 Å². The Hall–Kier alpha value is -1.20. The van der Waals surface area contributed by atoms with E-state index in [1.54, 1.807) is 0 Å². The van der Waals surface area contributed by atoms with E-state index in [1.807, 2.05) is 30.3 Å². The van der Waals surface area contributed by atoms with Crippen LogP contribution in [0.5, 0.6) is 0 Å². The van der Waals surface area contributed by atoms with E-state index in [0.717, 1.165) is 5.56 Å². The number of terminal acetylenes is 1. The van der Waals surface area contributed by atoms with Gasteiger partial charge in [-0.1, -0.05) is 57.0 Å². The Bertz CT molecular complexity index is 634. The Kier molecular flexibility index (Phi) is 7.25. The van der Waals surface area contributed by atoms with Crippen molar-refractivity contribution in [3.63, 3.8) is 0 Å². The lowest BCUT2D eigenvalue weighted by atomic mass is 10.1. The second-order valence-corrected chi connectivity index (χ2v) is 13.2. The van der Waals surface area contributed by atoms with Gasteiger partial charge in [-0.2, -0.15) is 0 Å². The standard InChI is InChI=1S/C21H32O5Si/c1-8-16(15-12-10-9-11-13-15)25-19-17(26-20(23-5)18(19)22)14-24-27(6,7)21(2,3)4/h1,9-13,16-20,22H,14H2,2-7H3/t16-,17+,18+,19+,20+/m1/s1. The molecule has 1 heterocycles. The van der Waals surface area contributed by atoms with Crippen LogP contribution in [0.2, 0.25) is 18.1 Å². The van der Waals surface area contributed by atoms with Crippen LogP contribution < -0.4 is 0 Å². The van der Waals surface area contributed by atoms with Gasteiger partial charge >= 0.3 is 0 Å². The summed E-state index contributed by atoms with van der Waals surface area (Å²) in [5.74, 6) is 2.65. The van der Waals surface area contributed by atoms with Crippen LogP contribution in [-0.2, 0) is 18.6 Å². The molecule has 1 aromatic rings. The molecular weight excluding hydrogens is 360 g/mol. The van der Waals surface area contributed by atoms with Crippen molar-refractivity contribution in [1.82, 2.24) is 0 Å². The first-order chi connectivity index (χ1) is 12.6. The normalized spacial score (nSPS) is 27.3. The highest BCUT2D eigenvalue weighted by atomic mass is 28.4. The first-order valence-electron chi connectivity index (χ1n) is 9.27. The van der Waals surface area contributed by atoms with Crippen molar-refractivity contribution < 1.29 is 23.7 Å². The number of benzene rings is 1. The van der Waals surface area contributed by atoms with Gasteiger partial charge in [-0.25, -0.2) is 0 Å². The summed E-state index contributed by atoms with van der Waals surface area (Å²) in [6, 6.07) is 9.53. The Labute approximate surface area is 164 Å². The van der Waals surface area contributed by atoms with Gasteiger partial charge in [0.2, 0.25) is 0 Å². The molecule has 0 aromatic heterocycles. The molecule has 0 spiro atoms. The van der Waals surface area contributed by atoms with Crippen molar-refractivity contribution in [2.24, 2.45) is 0 Å². The van der Waals surface area contributed by atoms with E-state index in [0.29, 0.717) is 6.61 Å². The van der Waals surface area contributed by atoms with Crippen molar-refractivity contribution in [1.29, 1.82) is 0 Å². The molecule has 0 bridgehead atoms. The van der Waals surface area contributed by atoms with E-state index >= 15 is 0 Å². The minimum atomic E-state index is -1.97. The van der Waals surface area contributed by atoms with Crippen molar-refractivity contribution in [2.45, 2.75) is 69.6 Å². The number of methoxy groups -OCH3 is 1. The maximum atomic E-state index is 10.6. The van der Waals surface area contributed by atoms with Crippen LogP contribution in [-0.4, -0.2) is 51.7 Å². The average molecular weight is 393 g/mol. The number of hydrogen-bond acceptors (Lipinski definition) is 5. The summed E-state index contributed by atoms with van der Waals surface area (Å²) in [5, 5.41) is 10.7. The highest BCUT2D eigenvalue weighted by Crippen LogP contribution is 2.38. The van der Waals surface area contributed by atoms with Gasteiger partial charge in [-0.3, -0.25) is 0 Å². The zero-order valence-corrected chi connectivity index (χ0v) is 18.1. The van der Waals surface area contributed by atoms with Crippen molar-refractivity contribution >= 4 is 8.32 Å². The van der Waals surface area contributed by atoms with Gasteiger partial charge in [0.25, 0.3) is 0 Å². The number of aliphatic hydroxyl groups is 1. The van der Waals surface area contributed by atoms with Crippen LogP contribution in [0.3, 0.4) is 0 Å². The zero-order valence-electron chi connectivity index (χ0n) is 17.1. The van der Waals surface area contributed by atoms with Crippen LogP contribution in [0.4, 0.5) is 0 Å². The minimum absolute atomic E-state index is 0.0760. The zero-order chi connectivity index (χ0) is 20.2. The van der Waals surface area contributed by atoms with Gasteiger partial charge in [0.15, 0.2) is 14.6 Å². The molecule has 1 fully saturated rings. The number of ether oxygens (including phenoxy) is 3. The van der Waals surface area contributed by atoms with Gasteiger partial charge in [-0.15, -0.1) is 6.42 Å². The Morgan fingerprint density at radius 1 is 1.26 bits per heavy atom. The number of hydrogen-bond donors (Lipinski definition) is 1. The first-order valence-corrected chi connectivity index (χ1v) is 12.2. The molecule has 0 saturated carbocycles. The smallest absolute Gasteiger partial charge is 0.192 e. The lowest BCUT2D eigenvalue weighted by Gasteiger charge is -2.37. The van der Waals surface area contributed by atoms with Crippen molar-refractivity contribution in [3.05, 3.63) is 35.9 Å². The maximum Gasteiger partial charge on any atom is 0.192 e. The summed E-state index contributed by atoms with van der Waals surface area (Å²) >= 11 is 0. The molecule has 1 aliphatic rings. The summed E-state index contributed by atoms with van der Waals surface area (Å²) in [7, 11) is -0.469. The van der Waals surface area contributed by atoms with Gasteiger partial charge in [-0.05, 0) is 23.7 Å². The third kappa shape index (κ3) is 5.20. The molecule has 0 unspecified atom stereocenters. The summed E-state index contributed by atoms with van der Waals surface area (Å²) in [6.07, 6.45) is 2.30. The van der Waals surface area contributed by atoms with Gasteiger partial charge in [0.05, 0.1) is 6.61 Å². The molecule has 0 radical (unpaired) electrons. The van der Waals surface area contributed by atoms with Crippen LogP contribution in [0.15, 0.2) is 30.3 Å². The van der Waals surface area contributed by atoms with Gasteiger partial charge in [0, 0.05) is 7.11 Å². The minimum Gasteiger partial charge on any atom is -0.414 e. The summed E-state index contributed by atoms with van der Waals surface area (Å²) in [6.45, 7) is 11.2. The fraction of sp³-hybridized carbons (Fsp3) is 0.619. The highest BCUT2D eigenvalue weighted by Gasteiger charge is 2.47. The first kappa shape index (κ1) is 22.1. The fourth-order valence-electron chi connectivity index (χ4n) is 2.71. The molecule has 1 N–H and O–H groups in total. The predicted octanol–water partition coefficient (Wildman–Crippen LogP) is 3.50. The second-order valence-electron chi connectivity index (χ2n) is 8.40. The molecule has 2 rings (SSSR count). The molecular formula is C21H32O5Si. The highest BCUT2D eigenvalue weighted by molar-refractivity contribution is 6.74. The monoisotopic (exact) mass is 392 g/mol. The molecule has 0 aliphatic carbocycles. The molecule has 27 heavy (non-hydrogen) atoms. The van der Waals surface area contributed by atoms with Crippen molar-refractivity contribution in [2.75, 3.05) is 13.7 Å². The second kappa shape index (κ2) is 8.87. The third-order valence-corrected chi connectivity index (χ3v) is 9.99. The summed E-state index contributed by atoms with van der Waals surface area (Å²) in [4.78, 5) is 0. The van der Waals surface area contributed by atoms with Crippen LogP contribution in [0, 0.1) is 12.3 Å². The van der Waals surface area contributed by atoms with Crippen LogP contribution in [0.25, 0.3) is 0 Å². The molecule has 1 aliphatic heterocycles. The molecule has 0 amide bonds. The SMILES string of the molecule is C#C[C@@H](O[C@@H]1[C@H](O)[C@@H](OC)O[C@H]1CO[Si](C)(C)C(C)(C)C)c1ccccc1. The lowest BCUT2D eigenvalue weighted by molar-refractivity contribution is -0.152. The molecule has 150 valence electrons. The van der Waals surface area contributed by atoms with Crippen LogP contribution >= 0.6 is 0 Å². The van der Waals surface area contributed by atoms with E-state index in [1.165, 1.54) is 7.11 Å². The topological polar surface area (TPSA) is 57.2 Å². The number of rotatable bonds is 7. The van der Waals surface area contributed by atoms with E-state index in [9.17, 15) is 5.11 Å². The quantitative estimate of drug-likeness (QED) is 0.568. The maximum absolute atomic E-state index is 10.6. The lowest BCUT2D eigenvalue weighted by Crippen LogP contribution is -2.45. The Morgan fingerprint density at radius 3 is 2.41 bits per heavy atom. The van der Waals surface area contributed by atoms with Gasteiger partial charge in [0.1, 0.15) is 24.4 Å². The largest absolute Gasteiger partial charge is 0.414 e. The van der Waals surface area contributed by atoms with E-state index in [2.05, 4.69) is 39.8 Å². The van der Waals surface area contributed by atoms with E-state index < -0.39 is 39.0 Å². The summed E-state index contributed by atoms with van der Waals surface area (Å²) < 4.78 is 23.5. The molecule has 1 aromatic carbocycles. The number of aliphatic hydroxyl groups excluding tert-OH is 1. The van der Waals surface area contributed by atoms with Crippen molar-refractivity contribution in [3.8, 4) is 12.3 Å². The van der Waals surface area contributed by atoms with E-state index in [-0.39, 0.29) is 5.04 Å². The summed E-state index contributed by atoms with van der Waals surface area (Å²) in [5.41, 5.74) is 0.858. The molecule has 6 heteroatoms. The molecule has 5 nitrogen and oxygen atoms in total. The Morgan fingerprint density at radius 2 is 1.89 bits per heavy atom. The molecule has 1 saturated heterocycles. The third-order valence-electron chi connectivity index (χ3n) is 5.48.